The molecule has 1 unspecified atom stereocenters. The fraction of sp³-hybridized carbons (Fsp3) is 0.643. The van der Waals surface area contributed by atoms with Gasteiger partial charge in [0.15, 0.2) is 0 Å². The van der Waals surface area contributed by atoms with Crippen molar-refractivity contribution in [2.24, 2.45) is 5.92 Å². The van der Waals surface area contributed by atoms with E-state index in [0.717, 1.165) is 25.9 Å². The van der Waals surface area contributed by atoms with Crippen molar-refractivity contribution in [3.63, 3.8) is 0 Å². The van der Waals surface area contributed by atoms with Gasteiger partial charge in [-0.25, -0.2) is 0 Å². The number of amides is 1. The van der Waals surface area contributed by atoms with Crippen LogP contribution < -0.4 is 10.6 Å². The van der Waals surface area contributed by atoms with E-state index in [1.165, 1.54) is 4.88 Å². The lowest BCUT2D eigenvalue weighted by atomic mass is 9.99. The maximum Gasteiger partial charge on any atom is 0.224 e. The molecule has 0 spiro atoms. The zero-order chi connectivity index (χ0) is 13.7. The first kappa shape index (κ1) is 14.5. The summed E-state index contributed by atoms with van der Waals surface area (Å²) in [5, 5.41) is 8.47. The van der Waals surface area contributed by atoms with Gasteiger partial charge >= 0.3 is 0 Å². The molecule has 1 aromatic rings. The molecule has 1 aliphatic heterocycles. The molecule has 2 atom stereocenters. The molecule has 0 radical (unpaired) electrons. The number of nitrogens with one attached hydrogen (secondary N) is 2. The van der Waals surface area contributed by atoms with Crippen molar-refractivity contribution in [2.45, 2.75) is 18.9 Å². The predicted molar refractivity (Wildman–Crippen MR) is 79.4 cm³/mol. The van der Waals surface area contributed by atoms with Crippen LogP contribution in [0.5, 0.6) is 0 Å². The van der Waals surface area contributed by atoms with E-state index in [4.69, 9.17) is 0 Å². The first-order valence-corrected chi connectivity index (χ1v) is 7.74. The number of thiophene rings is 1. The lowest BCUT2D eigenvalue weighted by Gasteiger charge is -2.26. The number of hydrogen-bond acceptors (Lipinski definition) is 4. The number of carbonyl (C=O) groups is 1. The van der Waals surface area contributed by atoms with Crippen LogP contribution in [0.1, 0.15) is 23.8 Å². The second kappa shape index (κ2) is 7.03. The van der Waals surface area contributed by atoms with Gasteiger partial charge in [-0.3, -0.25) is 4.79 Å². The number of piperidine rings is 1. The SMILES string of the molecule is CN(C)C(CNC(=O)[C@@H]1CCCNC1)c1cccs1. The largest absolute Gasteiger partial charge is 0.354 e. The Morgan fingerprint density at radius 1 is 1.63 bits per heavy atom. The maximum absolute atomic E-state index is 12.1. The molecule has 1 amide bonds. The molecule has 5 heteroatoms. The van der Waals surface area contributed by atoms with E-state index in [9.17, 15) is 4.79 Å². The van der Waals surface area contributed by atoms with E-state index < -0.39 is 0 Å². The van der Waals surface area contributed by atoms with E-state index in [2.05, 4.69) is 47.1 Å². The fourth-order valence-corrected chi connectivity index (χ4v) is 3.36. The van der Waals surface area contributed by atoms with Crippen molar-refractivity contribution in [1.82, 2.24) is 15.5 Å². The third-order valence-electron chi connectivity index (χ3n) is 3.63. The summed E-state index contributed by atoms with van der Waals surface area (Å²) in [6.07, 6.45) is 2.10. The highest BCUT2D eigenvalue weighted by molar-refractivity contribution is 7.10. The first-order chi connectivity index (χ1) is 9.18. The molecule has 0 aromatic carbocycles. The van der Waals surface area contributed by atoms with Crippen LogP contribution in [0.15, 0.2) is 17.5 Å². The predicted octanol–water partition coefficient (Wildman–Crippen LogP) is 1.47. The molecule has 2 heterocycles. The molecule has 0 bridgehead atoms. The number of nitrogens with zero attached hydrogens (tertiary/aromatic N) is 1. The van der Waals surface area contributed by atoms with Gasteiger partial charge in [-0.05, 0) is 44.9 Å². The van der Waals surface area contributed by atoms with Crippen LogP contribution in [0.25, 0.3) is 0 Å². The van der Waals surface area contributed by atoms with E-state index in [-0.39, 0.29) is 17.9 Å². The molecule has 2 rings (SSSR count). The van der Waals surface area contributed by atoms with Crippen LogP contribution in [0.2, 0.25) is 0 Å². The Balaban J connectivity index is 1.86. The Kier molecular flexibility index (Phi) is 5.36. The zero-order valence-corrected chi connectivity index (χ0v) is 12.5. The Hall–Kier alpha value is -0.910. The number of likely N-dealkylation sites (N-methyl/N-ethyl adjacent to an activating group) is 1. The van der Waals surface area contributed by atoms with E-state index in [1.54, 1.807) is 11.3 Å². The minimum Gasteiger partial charge on any atom is -0.354 e. The quantitative estimate of drug-likeness (QED) is 0.859. The van der Waals surface area contributed by atoms with E-state index in [1.807, 2.05) is 0 Å². The molecular formula is C14H23N3OS. The zero-order valence-electron chi connectivity index (χ0n) is 11.7. The normalized spacial score (nSPS) is 21.3. The van der Waals surface area contributed by atoms with Gasteiger partial charge in [-0.2, -0.15) is 0 Å². The number of hydrogen-bond donors (Lipinski definition) is 2. The van der Waals surface area contributed by atoms with Gasteiger partial charge in [0.1, 0.15) is 0 Å². The molecule has 2 N–H and O–H groups in total. The summed E-state index contributed by atoms with van der Waals surface area (Å²) in [6, 6.07) is 4.45. The molecule has 1 aliphatic rings. The molecule has 0 aliphatic carbocycles. The summed E-state index contributed by atoms with van der Waals surface area (Å²) in [5.41, 5.74) is 0. The summed E-state index contributed by atoms with van der Waals surface area (Å²) < 4.78 is 0. The van der Waals surface area contributed by atoms with E-state index in [0.29, 0.717) is 6.54 Å². The minimum atomic E-state index is 0.139. The minimum absolute atomic E-state index is 0.139. The summed E-state index contributed by atoms with van der Waals surface area (Å²) in [6.45, 7) is 2.54. The van der Waals surface area contributed by atoms with Crippen LogP contribution in [-0.4, -0.2) is 44.5 Å². The Labute approximate surface area is 119 Å². The molecular weight excluding hydrogens is 258 g/mol. The average Bonchev–Trinajstić information content (AvgIpc) is 2.93. The van der Waals surface area contributed by atoms with Crippen LogP contribution >= 0.6 is 11.3 Å². The average molecular weight is 281 g/mol. The monoisotopic (exact) mass is 281 g/mol. The van der Waals surface area contributed by atoms with Gasteiger partial charge in [-0.1, -0.05) is 6.07 Å². The van der Waals surface area contributed by atoms with Crippen molar-refractivity contribution in [3.05, 3.63) is 22.4 Å². The highest BCUT2D eigenvalue weighted by atomic mass is 32.1. The number of carbonyl (C=O) groups excluding carboxylic acids is 1. The molecule has 0 saturated carbocycles. The topological polar surface area (TPSA) is 44.4 Å². The fourth-order valence-electron chi connectivity index (χ4n) is 2.44. The highest BCUT2D eigenvalue weighted by Crippen LogP contribution is 2.22. The lowest BCUT2D eigenvalue weighted by molar-refractivity contribution is -0.125. The Morgan fingerprint density at radius 2 is 2.47 bits per heavy atom. The molecule has 4 nitrogen and oxygen atoms in total. The summed E-state index contributed by atoms with van der Waals surface area (Å²) in [5.74, 6) is 0.329. The van der Waals surface area contributed by atoms with Crippen molar-refractivity contribution in [1.29, 1.82) is 0 Å². The van der Waals surface area contributed by atoms with Gasteiger partial charge in [0.05, 0.1) is 12.0 Å². The second-order valence-corrected chi connectivity index (χ2v) is 6.26. The summed E-state index contributed by atoms with van der Waals surface area (Å²) >= 11 is 1.74. The van der Waals surface area contributed by atoms with Crippen LogP contribution in [0.3, 0.4) is 0 Å². The summed E-state index contributed by atoms with van der Waals surface area (Å²) in [7, 11) is 4.11. The molecule has 106 valence electrons. The van der Waals surface area contributed by atoms with Crippen LogP contribution in [0.4, 0.5) is 0 Å². The van der Waals surface area contributed by atoms with Gasteiger partial charge in [-0.15, -0.1) is 11.3 Å². The maximum atomic E-state index is 12.1. The highest BCUT2D eigenvalue weighted by Gasteiger charge is 2.22. The Bertz CT molecular complexity index is 385. The molecule has 1 saturated heterocycles. The third-order valence-corrected chi connectivity index (χ3v) is 4.61. The Morgan fingerprint density at radius 3 is 3.05 bits per heavy atom. The van der Waals surface area contributed by atoms with Crippen LogP contribution in [0, 0.1) is 5.92 Å². The van der Waals surface area contributed by atoms with Gasteiger partial charge < -0.3 is 15.5 Å². The van der Waals surface area contributed by atoms with Crippen molar-refractivity contribution < 1.29 is 4.79 Å². The van der Waals surface area contributed by atoms with Gasteiger partial charge in [0.2, 0.25) is 5.91 Å². The van der Waals surface area contributed by atoms with Gasteiger partial charge in [0, 0.05) is 18.0 Å². The van der Waals surface area contributed by atoms with Crippen LogP contribution in [-0.2, 0) is 4.79 Å². The van der Waals surface area contributed by atoms with Gasteiger partial charge in [0.25, 0.3) is 0 Å². The molecule has 1 fully saturated rings. The van der Waals surface area contributed by atoms with E-state index >= 15 is 0 Å². The lowest BCUT2D eigenvalue weighted by Crippen LogP contribution is -2.43. The third kappa shape index (κ3) is 4.03. The van der Waals surface area contributed by atoms with Crippen molar-refractivity contribution in [3.8, 4) is 0 Å². The second-order valence-electron chi connectivity index (χ2n) is 5.28. The number of rotatable bonds is 5. The first-order valence-electron chi connectivity index (χ1n) is 6.86. The smallest absolute Gasteiger partial charge is 0.224 e. The van der Waals surface area contributed by atoms with Crippen molar-refractivity contribution in [2.75, 3.05) is 33.7 Å². The molecule has 19 heavy (non-hydrogen) atoms. The van der Waals surface area contributed by atoms with Crippen molar-refractivity contribution >= 4 is 17.2 Å². The summed E-state index contributed by atoms with van der Waals surface area (Å²) in [4.78, 5) is 15.6. The molecule has 1 aromatic heterocycles. The standard InChI is InChI=1S/C14H23N3OS/c1-17(2)12(13-6-4-8-19-13)10-16-14(18)11-5-3-7-15-9-11/h4,6,8,11-12,15H,3,5,7,9-10H2,1-2H3,(H,16,18)/t11-,12?/m1/s1.